The highest BCUT2D eigenvalue weighted by Crippen LogP contribution is 2.37. The molecule has 126 valence electrons. The first-order valence-corrected chi connectivity index (χ1v) is 8.33. The molecule has 0 saturated carbocycles. The highest BCUT2D eigenvalue weighted by atomic mass is 16.2. The minimum absolute atomic E-state index is 0.00130. The number of carbonyl (C=O) groups is 4. The van der Waals surface area contributed by atoms with Crippen LogP contribution in [0.2, 0.25) is 0 Å². The molecule has 1 aromatic rings. The van der Waals surface area contributed by atoms with E-state index in [-0.39, 0.29) is 35.7 Å². The van der Waals surface area contributed by atoms with Gasteiger partial charge >= 0.3 is 0 Å². The van der Waals surface area contributed by atoms with E-state index in [2.05, 4.69) is 5.32 Å². The Balaban J connectivity index is 1.76. The number of fused-ring (bicyclic) bond motifs is 1. The second-order valence-electron chi connectivity index (χ2n) is 7.16. The number of carbonyl (C=O) groups excluding carboxylic acids is 4. The van der Waals surface area contributed by atoms with Crippen molar-refractivity contribution in [3.63, 3.8) is 0 Å². The van der Waals surface area contributed by atoms with Crippen LogP contribution >= 0.6 is 0 Å². The number of rotatable bonds is 3. The summed E-state index contributed by atoms with van der Waals surface area (Å²) < 4.78 is 0. The lowest BCUT2D eigenvalue weighted by atomic mass is 9.72. The molecule has 1 heterocycles. The lowest BCUT2D eigenvalue weighted by Gasteiger charge is -2.33. The molecule has 0 bridgehead atoms. The molecular weight excluding hydrogens is 306 g/mol. The fourth-order valence-corrected chi connectivity index (χ4v) is 3.67. The molecule has 1 fully saturated rings. The van der Waals surface area contributed by atoms with Crippen molar-refractivity contribution in [2.24, 2.45) is 11.3 Å². The normalized spacial score (nSPS) is 27.0. The first kappa shape index (κ1) is 16.6. The highest BCUT2D eigenvalue weighted by molar-refractivity contribution is 6.15. The van der Waals surface area contributed by atoms with Crippen LogP contribution in [0.3, 0.4) is 0 Å². The van der Waals surface area contributed by atoms with E-state index >= 15 is 0 Å². The third-order valence-corrected chi connectivity index (χ3v) is 5.37. The Labute approximate surface area is 140 Å². The summed E-state index contributed by atoms with van der Waals surface area (Å²) in [7, 11) is 0. The number of nitrogens with one attached hydrogen (secondary N) is 1. The van der Waals surface area contributed by atoms with E-state index in [0.717, 1.165) is 5.56 Å². The molecule has 2 unspecified atom stereocenters. The number of Topliss-reactive ketones (excluding diaryl/α,β-unsaturated/α-hetero) is 2. The van der Waals surface area contributed by atoms with Crippen molar-refractivity contribution < 1.29 is 19.2 Å². The zero-order chi connectivity index (χ0) is 17.5. The number of benzene rings is 1. The molecule has 0 radical (unpaired) electrons. The number of piperidine rings is 1. The van der Waals surface area contributed by atoms with Gasteiger partial charge in [0.1, 0.15) is 0 Å². The molecule has 1 N–H and O–H groups in total. The monoisotopic (exact) mass is 327 g/mol. The summed E-state index contributed by atoms with van der Waals surface area (Å²) in [6, 6.07) is 5.35. The maximum Gasteiger partial charge on any atom is 0.232 e. The van der Waals surface area contributed by atoms with Gasteiger partial charge in [0.2, 0.25) is 11.8 Å². The minimum atomic E-state index is -0.650. The smallest absolute Gasteiger partial charge is 0.232 e. The third kappa shape index (κ3) is 2.79. The second kappa shape index (κ2) is 5.96. The maximum absolute atomic E-state index is 12.8. The fraction of sp³-hybridized carbons (Fsp3) is 0.474. The molecule has 5 nitrogen and oxygen atoms in total. The van der Waals surface area contributed by atoms with Crippen LogP contribution in [0.4, 0.5) is 0 Å². The second-order valence-corrected chi connectivity index (χ2v) is 7.16. The topological polar surface area (TPSA) is 80.3 Å². The summed E-state index contributed by atoms with van der Waals surface area (Å²) in [5.74, 6) is -0.908. The van der Waals surface area contributed by atoms with E-state index in [1.165, 1.54) is 0 Å². The Kier molecular flexibility index (Phi) is 4.11. The van der Waals surface area contributed by atoms with Crippen LogP contribution < -0.4 is 5.32 Å². The molecule has 0 spiro atoms. The lowest BCUT2D eigenvalue weighted by Crippen LogP contribution is -2.47. The largest absolute Gasteiger partial charge is 0.296 e. The summed E-state index contributed by atoms with van der Waals surface area (Å²) in [6.45, 7) is 3.66. The molecule has 1 aliphatic carbocycles. The number of imide groups is 1. The number of aryl methyl sites for hydroxylation is 1. The van der Waals surface area contributed by atoms with Crippen molar-refractivity contribution in [2.45, 2.75) is 46.0 Å². The van der Waals surface area contributed by atoms with Crippen molar-refractivity contribution >= 4 is 23.4 Å². The van der Waals surface area contributed by atoms with E-state index < -0.39 is 5.41 Å². The molecule has 1 aromatic carbocycles. The average Bonchev–Trinajstić information content (AvgIpc) is 2.54. The van der Waals surface area contributed by atoms with Crippen LogP contribution in [-0.4, -0.2) is 23.4 Å². The number of ketones is 2. The van der Waals surface area contributed by atoms with Gasteiger partial charge < -0.3 is 0 Å². The molecule has 0 aromatic heterocycles. The summed E-state index contributed by atoms with van der Waals surface area (Å²) >= 11 is 0. The van der Waals surface area contributed by atoms with Gasteiger partial charge in [-0.3, -0.25) is 24.5 Å². The standard InChI is InChI=1S/C19H21NO4/c1-11-4-3-5-13-14(21)10-12(17(23)16(11)13)6-8-19(2)9-7-15(22)20-18(19)24/h3-5,12H,6-10H2,1-2H3,(H,20,22,24). The van der Waals surface area contributed by atoms with E-state index in [1.807, 2.05) is 19.9 Å². The third-order valence-electron chi connectivity index (χ3n) is 5.37. The van der Waals surface area contributed by atoms with E-state index in [0.29, 0.717) is 36.8 Å². The van der Waals surface area contributed by atoms with Crippen LogP contribution in [0.25, 0.3) is 0 Å². The van der Waals surface area contributed by atoms with Gasteiger partial charge in [0.15, 0.2) is 11.6 Å². The molecule has 2 aliphatic rings. The van der Waals surface area contributed by atoms with Gasteiger partial charge in [-0.15, -0.1) is 0 Å². The van der Waals surface area contributed by atoms with Crippen LogP contribution in [0.1, 0.15) is 65.3 Å². The van der Waals surface area contributed by atoms with Crippen molar-refractivity contribution in [1.29, 1.82) is 0 Å². The molecule has 2 amide bonds. The first-order chi connectivity index (χ1) is 11.3. The Hall–Kier alpha value is -2.30. The summed E-state index contributed by atoms with van der Waals surface area (Å²) in [5, 5.41) is 2.37. The van der Waals surface area contributed by atoms with E-state index in [9.17, 15) is 19.2 Å². The molecular formula is C19H21NO4. The molecule has 5 heteroatoms. The van der Waals surface area contributed by atoms with Crippen molar-refractivity contribution in [3.8, 4) is 0 Å². The Bertz CT molecular complexity index is 752. The molecule has 2 atom stereocenters. The lowest BCUT2D eigenvalue weighted by molar-refractivity contribution is -0.141. The Morgan fingerprint density at radius 1 is 1.21 bits per heavy atom. The zero-order valence-corrected chi connectivity index (χ0v) is 14.0. The summed E-state index contributed by atoms with van der Waals surface area (Å²) in [5.41, 5.74) is 1.22. The molecule has 3 rings (SSSR count). The van der Waals surface area contributed by atoms with Gasteiger partial charge in [0.05, 0.1) is 0 Å². The van der Waals surface area contributed by atoms with Crippen molar-refractivity contribution in [1.82, 2.24) is 5.32 Å². The number of amides is 2. The van der Waals surface area contributed by atoms with Crippen molar-refractivity contribution in [3.05, 3.63) is 34.9 Å². The maximum atomic E-state index is 12.8. The minimum Gasteiger partial charge on any atom is -0.296 e. The van der Waals surface area contributed by atoms with Crippen LogP contribution in [-0.2, 0) is 9.59 Å². The van der Waals surface area contributed by atoms with Gasteiger partial charge in [-0.2, -0.15) is 0 Å². The van der Waals surface area contributed by atoms with Gasteiger partial charge in [0, 0.05) is 35.3 Å². The summed E-state index contributed by atoms with van der Waals surface area (Å²) in [6.07, 6.45) is 1.99. The zero-order valence-electron chi connectivity index (χ0n) is 14.0. The van der Waals surface area contributed by atoms with Crippen LogP contribution in [0.5, 0.6) is 0 Å². The highest BCUT2D eigenvalue weighted by Gasteiger charge is 2.40. The van der Waals surface area contributed by atoms with Crippen LogP contribution in [0, 0.1) is 18.3 Å². The molecule has 1 aliphatic heterocycles. The molecule has 1 saturated heterocycles. The van der Waals surface area contributed by atoms with Gasteiger partial charge in [0.25, 0.3) is 0 Å². The fourth-order valence-electron chi connectivity index (χ4n) is 3.67. The number of hydrogen-bond acceptors (Lipinski definition) is 4. The van der Waals surface area contributed by atoms with Crippen LogP contribution in [0.15, 0.2) is 18.2 Å². The van der Waals surface area contributed by atoms with Gasteiger partial charge in [-0.05, 0) is 31.7 Å². The number of hydrogen-bond donors (Lipinski definition) is 1. The average molecular weight is 327 g/mol. The quantitative estimate of drug-likeness (QED) is 0.865. The Morgan fingerprint density at radius 3 is 2.67 bits per heavy atom. The predicted molar refractivity (Wildman–Crippen MR) is 87.7 cm³/mol. The summed E-state index contributed by atoms with van der Waals surface area (Å²) in [4.78, 5) is 48.6. The van der Waals surface area contributed by atoms with Gasteiger partial charge in [-0.1, -0.05) is 25.1 Å². The SMILES string of the molecule is Cc1cccc2c1C(=O)C(CCC1(C)CCC(=O)NC1=O)CC2=O. The van der Waals surface area contributed by atoms with Gasteiger partial charge in [-0.25, -0.2) is 0 Å². The first-order valence-electron chi connectivity index (χ1n) is 8.33. The van der Waals surface area contributed by atoms with Crippen molar-refractivity contribution in [2.75, 3.05) is 0 Å². The predicted octanol–water partition coefficient (Wildman–Crippen LogP) is 2.60. The Morgan fingerprint density at radius 2 is 1.96 bits per heavy atom. The van der Waals surface area contributed by atoms with E-state index in [4.69, 9.17) is 0 Å². The van der Waals surface area contributed by atoms with E-state index in [1.54, 1.807) is 12.1 Å². The molecule has 24 heavy (non-hydrogen) atoms.